The SMILES string of the molecule is Cc1nc2c3c(nn2c(C)c1Cl)CN(C(=O)c1ccccc1C1CCN(C(=O)OC(C)(C)C)CC1)C3. The molecule has 0 atom stereocenters. The van der Waals surface area contributed by atoms with E-state index in [9.17, 15) is 9.59 Å². The van der Waals surface area contributed by atoms with Crippen LogP contribution in [0.3, 0.4) is 0 Å². The zero-order valence-corrected chi connectivity index (χ0v) is 22.2. The van der Waals surface area contributed by atoms with Gasteiger partial charge in [0.1, 0.15) is 5.60 Å². The Morgan fingerprint density at radius 3 is 2.44 bits per heavy atom. The van der Waals surface area contributed by atoms with Crippen molar-refractivity contribution in [1.82, 2.24) is 24.4 Å². The molecule has 1 aromatic carbocycles. The summed E-state index contributed by atoms with van der Waals surface area (Å²) >= 11 is 6.37. The number of benzene rings is 1. The van der Waals surface area contributed by atoms with Crippen molar-refractivity contribution < 1.29 is 14.3 Å². The zero-order valence-electron chi connectivity index (χ0n) is 21.5. The maximum Gasteiger partial charge on any atom is 0.410 e. The number of nitrogens with zero attached hydrogens (tertiary/aromatic N) is 5. The highest BCUT2D eigenvalue weighted by Crippen LogP contribution is 2.34. The molecule has 4 heterocycles. The van der Waals surface area contributed by atoms with Crippen LogP contribution in [0.1, 0.15) is 78.1 Å². The normalized spacial score (nSPS) is 16.5. The Morgan fingerprint density at radius 1 is 1.06 bits per heavy atom. The van der Waals surface area contributed by atoms with Gasteiger partial charge in [-0.2, -0.15) is 5.10 Å². The van der Waals surface area contributed by atoms with Gasteiger partial charge in [-0.25, -0.2) is 14.3 Å². The van der Waals surface area contributed by atoms with Gasteiger partial charge in [-0.3, -0.25) is 4.79 Å². The Kier molecular flexibility index (Phi) is 6.19. The molecule has 0 saturated carbocycles. The van der Waals surface area contributed by atoms with Crippen LogP contribution >= 0.6 is 11.6 Å². The van der Waals surface area contributed by atoms with Gasteiger partial charge in [0.05, 0.1) is 35.2 Å². The topological polar surface area (TPSA) is 80.0 Å². The number of amides is 2. The van der Waals surface area contributed by atoms with Gasteiger partial charge in [0.25, 0.3) is 5.91 Å². The molecule has 8 nitrogen and oxygen atoms in total. The Morgan fingerprint density at radius 2 is 1.75 bits per heavy atom. The van der Waals surface area contributed by atoms with E-state index >= 15 is 0 Å². The average Bonchev–Trinajstić information content (AvgIpc) is 3.40. The van der Waals surface area contributed by atoms with Crippen LogP contribution in [-0.4, -0.2) is 55.1 Å². The first-order chi connectivity index (χ1) is 17.0. The van der Waals surface area contributed by atoms with Crippen molar-refractivity contribution in [3.63, 3.8) is 0 Å². The van der Waals surface area contributed by atoms with Crippen molar-refractivity contribution in [2.45, 2.75) is 72.1 Å². The molecule has 0 aliphatic carbocycles. The average molecular weight is 510 g/mol. The number of fused-ring (bicyclic) bond motifs is 3. The maximum atomic E-state index is 13.7. The molecule has 0 N–H and O–H groups in total. The molecule has 1 fully saturated rings. The number of aromatic nitrogens is 3. The summed E-state index contributed by atoms with van der Waals surface area (Å²) in [4.78, 5) is 34.4. The Hall–Kier alpha value is -3.13. The molecule has 5 rings (SSSR count). The molecule has 9 heteroatoms. The molecule has 2 aliphatic heterocycles. The second kappa shape index (κ2) is 9.07. The summed E-state index contributed by atoms with van der Waals surface area (Å²) < 4.78 is 7.31. The van der Waals surface area contributed by atoms with Crippen LogP contribution in [0.4, 0.5) is 4.79 Å². The Labute approximate surface area is 216 Å². The molecule has 0 radical (unpaired) electrons. The lowest BCUT2D eigenvalue weighted by molar-refractivity contribution is 0.0204. The number of likely N-dealkylation sites (tertiary alicyclic amines) is 1. The van der Waals surface area contributed by atoms with E-state index in [-0.39, 0.29) is 17.9 Å². The number of ether oxygens (including phenoxy) is 1. The van der Waals surface area contributed by atoms with Crippen LogP contribution in [0.2, 0.25) is 5.02 Å². The Balaban J connectivity index is 1.32. The summed E-state index contributed by atoms with van der Waals surface area (Å²) in [7, 11) is 0. The minimum Gasteiger partial charge on any atom is -0.444 e. The molecule has 2 amide bonds. The summed E-state index contributed by atoms with van der Waals surface area (Å²) in [6, 6.07) is 7.85. The molecule has 0 unspecified atom stereocenters. The van der Waals surface area contributed by atoms with Gasteiger partial charge in [0.15, 0.2) is 5.65 Å². The van der Waals surface area contributed by atoms with E-state index < -0.39 is 5.60 Å². The fraction of sp³-hybridized carbons (Fsp3) is 0.481. The van der Waals surface area contributed by atoms with Crippen LogP contribution in [0.15, 0.2) is 24.3 Å². The van der Waals surface area contributed by atoms with E-state index in [0.717, 1.165) is 52.3 Å². The molecular weight excluding hydrogens is 478 g/mol. The van der Waals surface area contributed by atoms with E-state index in [1.807, 2.05) is 63.8 Å². The zero-order chi connectivity index (χ0) is 25.8. The first kappa shape index (κ1) is 24.6. The fourth-order valence-electron chi connectivity index (χ4n) is 5.17. The number of carbonyl (C=O) groups is 2. The van der Waals surface area contributed by atoms with Gasteiger partial charge < -0.3 is 14.5 Å². The van der Waals surface area contributed by atoms with Crippen molar-refractivity contribution >= 4 is 29.2 Å². The minimum atomic E-state index is -0.512. The third kappa shape index (κ3) is 4.43. The highest BCUT2D eigenvalue weighted by Gasteiger charge is 2.33. The van der Waals surface area contributed by atoms with E-state index in [0.29, 0.717) is 31.2 Å². The second-order valence-corrected chi connectivity index (χ2v) is 11.1. The number of rotatable bonds is 2. The van der Waals surface area contributed by atoms with Crippen LogP contribution in [0.5, 0.6) is 0 Å². The predicted octanol–water partition coefficient (Wildman–Crippen LogP) is 5.27. The van der Waals surface area contributed by atoms with Gasteiger partial charge >= 0.3 is 6.09 Å². The summed E-state index contributed by atoms with van der Waals surface area (Å²) in [5.74, 6) is 0.208. The van der Waals surface area contributed by atoms with Crippen molar-refractivity contribution in [3.8, 4) is 0 Å². The maximum absolute atomic E-state index is 13.7. The summed E-state index contributed by atoms with van der Waals surface area (Å²) in [5.41, 5.74) is 5.48. The van der Waals surface area contributed by atoms with Gasteiger partial charge in [-0.1, -0.05) is 29.8 Å². The Bertz CT molecular complexity index is 1350. The number of carbonyl (C=O) groups excluding carboxylic acids is 2. The van der Waals surface area contributed by atoms with E-state index in [2.05, 4.69) is 4.98 Å². The van der Waals surface area contributed by atoms with E-state index in [1.54, 1.807) is 9.42 Å². The quantitative estimate of drug-likeness (QED) is 0.470. The van der Waals surface area contributed by atoms with E-state index in [4.69, 9.17) is 21.4 Å². The van der Waals surface area contributed by atoms with Crippen LogP contribution in [0, 0.1) is 13.8 Å². The number of piperidine rings is 1. The van der Waals surface area contributed by atoms with Crippen LogP contribution in [-0.2, 0) is 17.8 Å². The molecular formula is C27H32ClN5O3. The predicted molar refractivity (Wildman–Crippen MR) is 137 cm³/mol. The standard InChI is InChI=1S/C27H32ClN5O3/c1-16-23(28)17(2)33-24(29-16)21-14-32(15-22(21)30-33)25(34)20-9-7-6-8-19(20)18-10-12-31(13-11-18)26(35)36-27(3,4)5/h6-9,18H,10-15H2,1-5H3. The van der Waals surface area contributed by atoms with Gasteiger partial charge in [0.2, 0.25) is 0 Å². The summed E-state index contributed by atoms with van der Waals surface area (Å²) in [6.45, 7) is 11.6. The smallest absolute Gasteiger partial charge is 0.410 e. The van der Waals surface area contributed by atoms with E-state index in [1.165, 1.54) is 0 Å². The first-order valence-electron chi connectivity index (χ1n) is 12.4. The summed E-state index contributed by atoms with van der Waals surface area (Å²) in [6.07, 6.45) is 1.31. The fourth-order valence-corrected chi connectivity index (χ4v) is 5.30. The highest BCUT2D eigenvalue weighted by molar-refractivity contribution is 6.31. The third-order valence-electron chi connectivity index (χ3n) is 7.02. The van der Waals surface area contributed by atoms with Gasteiger partial charge in [0, 0.05) is 24.2 Å². The third-order valence-corrected chi connectivity index (χ3v) is 7.57. The molecule has 3 aromatic rings. The van der Waals surface area contributed by atoms with Crippen molar-refractivity contribution in [3.05, 3.63) is 63.1 Å². The number of hydrogen-bond acceptors (Lipinski definition) is 5. The van der Waals surface area contributed by atoms with Crippen molar-refractivity contribution in [2.24, 2.45) is 0 Å². The molecule has 0 spiro atoms. The lowest BCUT2D eigenvalue weighted by Crippen LogP contribution is -2.41. The first-order valence-corrected chi connectivity index (χ1v) is 12.8. The molecule has 1 saturated heterocycles. The molecule has 36 heavy (non-hydrogen) atoms. The monoisotopic (exact) mass is 509 g/mol. The van der Waals surface area contributed by atoms with Crippen LogP contribution < -0.4 is 0 Å². The van der Waals surface area contributed by atoms with Crippen molar-refractivity contribution in [2.75, 3.05) is 13.1 Å². The van der Waals surface area contributed by atoms with Crippen molar-refractivity contribution in [1.29, 1.82) is 0 Å². The highest BCUT2D eigenvalue weighted by atomic mass is 35.5. The van der Waals surface area contributed by atoms with Gasteiger partial charge in [-0.05, 0) is 65.0 Å². The number of aryl methyl sites for hydroxylation is 2. The lowest BCUT2D eigenvalue weighted by atomic mass is 9.86. The number of halogens is 1. The molecule has 2 aliphatic rings. The lowest BCUT2D eigenvalue weighted by Gasteiger charge is -2.34. The van der Waals surface area contributed by atoms with Gasteiger partial charge in [-0.15, -0.1) is 0 Å². The largest absolute Gasteiger partial charge is 0.444 e. The number of hydrogen-bond donors (Lipinski definition) is 0. The molecule has 0 bridgehead atoms. The molecule has 190 valence electrons. The van der Waals surface area contributed by atoms with Crippen LogP contribution in [0.25, 0.3) is 5.65 Å². The summed E-state index contributed by atoms with van der Waals surface area (Å²) in [5, 5.41) is 5.32. The molecule has 2 aromatic heterocycles. The second-order valence-electron chi connectivity index (χ2n) is 10.7. The minimum absolute atomic E-state index is 0.00118.